The Morgan fingerprint density at radius 3 is 2.10 bits per heavy atom. The molecule has 0 saturated carbocycles. The van der Waals surface area contributed by atoms with E-state index >= 15 is 0 Å². The van der Waals surface area contributed by atoms with Gasteiger partial charge < -0.3 is 26.0 Å². The van der Waals surface area contributed by atoms with E-state index < -0.39 is 18.0 Å². The third-order valence-electron chi connectivity index (χ3n) is 2.61. The first-order valence-corrected chi connectivity index (χ1v) is 6.45. The van der Waals surface area contributed by atoms with E-state index in [0.29, 0.717) is 6.54 Å². The molecule has 0 saturated heterocycles. The highest BCUT2D eigenvalue weighted by Crippen LogP contribution is 2.05. The van der Waals surface area contributed by atoms with Crippen molar-refractivity contribution in [3.8, 4) is 0 Å². The molecule has 0 spiro atoms. The van der Waals surface area contributed by atoms with Crippen LogP contribution >= 0.6 is 0 Å². The molecule has 0 aliphatic carbocycles. The zero-order valence-electron chi connectivity index (χ0n) is 12.4. The van der Waals surface area contributed by atoms with E-state index in [4.69, 9.17) is 5.11 Å². The van der Waals surface area contributed by atoms with Gasteiger partial charge in [0.15, 0.2) is 0 Å². The molecule has 0 aromatic heterocycles. The minimum atomic E-state index is -0.956. The van der Waals surface area contributed by atoms with Crippen LogP contribution in [0.5, 0.6) is 0 Å². The van der Waals surface area contributed by atoms with Crippen LogP contribution in [0.15, 0.2) is 0 Å². The van der Waals surface area contributed by atoms with E-state index in [2.05, 4.69) is 16.0 Å². The molecule has 0 bridgehead atoms. The van der Waals surface area contributed by atoms with Crippen molar-refractivity contribution < 1.29 is 19.5 Å². The lowest BCUT2D eigenvalue weighted by atomic mass is 10.0. The van der Waals surface area contributed by atoms with Crippen LogP contribution in [0.25, 0.3) is 0 Å². The van der Waals surface area contributed by atoms with E-state index in [-0.39, 0.29) is 24.9 Å². The molecule has 4 N–H and O–H groups in total. The Morgan fingerprint density at radius 2 is 1.65 bits per heavy atom. The van der Waals surface area contributed by atoms with Gasteiger partial charge in [-0.3, -0.25) is 4.79 Å². The second-order valence-electron chi connectivity index (χ2n) is 4.97. The Balaban J connectivity index is 3.97. The molecule has 0 aliphatic rings. The fourth-order valence-electron chi connectivity index (χ4n) is 1.36. The van der Waals surface area contributed by atoms with Crippen molar-refractivity contribution in [1.29, 1.82) is 0 Å². The molecule has 20 heavy (non-hydrogen) atoms. The number of urea groups is 2. The van der Waals surface area contributed by atoms with Crippen LogP contribution < -0.4 is 16.0 Å². The molecule has 4 amide bonds. The van der Waals surface area contributed by atoms with E-state index in [9.17, 15) is 14.4 Å². The lowest BCUT2D eigenvalue weighted by molar-refractivity contribution is -0.137. The van der Waals surface area contributed by atoms with E-state index in [0.717, 1.165) is 0 Å². The second-order valence-corrected chi connectivity index (χ2v) is 4.97. The van der Waals surface area contributed by atoms with Crippen molar-refractivity contribution in [1.82, 2.24) is 20.9 Å². The summed E-state index contributed by atoms with van der Waals surface area (Å²) in [7, 11) is 3.24. The molecule has 8 heteroatoms. The van der Waals surface area contributed by atoms with Crippen molar-refractivity contribution in [3.63, 3.8) is 0 Å². The van der Waals surface area contributed by atoms with Gasteiger partial charge in [-0.2, -0.15) is 0 Å². The van der Waals surface area contributed by atoms with Gasteiger partial charge in [0.05, 0.1) is 6.42 Å². The number of carboxylic acid groups (broad SMARTS) is 1. The lowest BCUT2D eigenvalue weighted by Crippen LogP contribution is -2.47. The van der Waals surface area contributed by atoms with Crippen molar-refractivity contribution in [3.05, 3.63) is 0 Å². The van der Waals surface area contributed by atoms with E-state index in [1.165, 1.54) is 4.90 Å². The van der Waals surface area contributed by atoms with Crippen molar-refractivity contribution in [2.75, 3.05) is 27.2 Å². The number of carboxylic acids is 1. The Morgan fingerprint density at radius 1 is 1.10 bits per heavy atom. The maximum absolute atomic E-state index is 11.6. The Kier molecular flexibility index (Phi) is 8.10. The van der Waals surface area contributed by atoms with Crippen LogP contribution in [0.4, 0.5) is 9.59 Å². The number of nitrogens with one attached hydrogen (secondary N) is 3. The maximum atomic E-state index is 11.6. The fourth-order valence-corrected chi connectivity index (χ4v) is 1.36. The molecular formula is C12H24N4O4. The third-order valence-corrected chi connectivity index (χ3v) is 2.61. The normalized spacial score (nSPS) is 11.7. The highest BCUT2D eigenvalue weighted by atomic mass is 16.4. The topological polar surface area (TPSA) is 111 Å². The highest BCUT2D eigenvalue weighted by Gasteiger charge is 2.19. The van der Waals surface area contributed by atoms with Gasteiger partial charge >= 0.3 is 18.0 Å². The van der Waals surface area contributed by atoms with Crippen LogP contribution in [0.1, 0.15) is 20.3 Å². The molecule has 0 aliphatic heterocycles. The zero-order chi connectivity index (χ0) is 15.7. The number of carbonyl (C=O) groups is 3. The third kappa shape index (κ3) is 8.17. The first kappa shape index (κ1) is 18.0. The standard InChI is InChI=1S/C12H24N4O4/c1-8(2)9(7-10(17)18)15-11(19)13-5-6-14-12(20)16(3)4/h8-9H,5-7H2,1-4H3,(H,14,20)(H,17,18)(H2,13,15,19). The largest absolute Gasteiger partial charge is 0.481 e. The molecule has 0 heterocycles. The van der Waals surface area contributed by atoms with Gasteiger partial charge in [0.2, 0.25) is 0 Å². The van der Waals surface area contributed by atoms with Crippen molar-refractivity contribution >= 4 is 18.0 Å². The first-order valence-electron chi connectivity index (χ1n) is 6.45. The van der Waals surface area contributed by atoms with Crippen molar-refractivity contribution in [2.24, 2.45) is 5.92 Å². The minimum absolute atomic E-state index is 0.0188. The molecule has 0 aromatic carbocycles. The predicted molar refractivity (Wildman–Crippen MR) is 74.5 cm³/mol. The summed E-state index contributed by atoms with van der Waals surface area (Å²) in [6, 6.07) is -1.11. The quantitative estimate of drug-likeness (QED) is 0.496. The predicted octanol–water partition coefficient (Wildman–Crippen LogP) is 0.0561. The number of hydrogen-bond donors (Lipinski definition) is 4. The summed E-state index contributed by atoms with van der Waals surface area (Å²) in [6.07, 6.45) is -0.123. The summed E-state index contributed by atoms with van der Waals surface area (Å²) in [5.41, 5.74) is 0. The van der Waals surface area contributed by atoms with Gasteiger partial charge in [-0.15, -0.1) is 0 Å². The molecule has 0 rings (SSSR count). The smallest absolute Gasteiger partial charge is 0.316 e. The molecular weight excluding hydrogens is 264 g/mol. The molecule has 0 fully saturated rings. The molecule has 116 valence electrons. The minimum Gasteiger partial charge on any atom is -0.481 e. The second kappa shape index (κ2) is 9.00. The Labute approximate surface area is 118 Å². The maximum Gasteiger partial charge on any atom is 0.316 e. The van der Waals surface area contributed by atoms with Crippen LogP contribution in [0.3, 0.4) is 0 Å². The number of aliphatic carboxylic acids is 1. The SMILES string of the molecule is CC(C)C(CC(=O)O)NC(=O)NCCNC(=O)N(C)C. The van der Waals surface area contributed by atoms with Crippen LogP contribution in [-0.4, -0.2) is 61.3 Å². The van der Waals surface area contributed by atoms with E-state index in [1.807, 2.05) is 13.8 Å². The number of rotatable bonds is 7. The molecule has 1 atom stereocenters. The Hall–Kier alpha value is -1.99. The molecule has 0 aromatic rings. The number of amides is 4. The summed E-state index contributed by atoms with van der Waals surface area (Å²) in [6.45, 7) is 4.25. The van der Waals surface area contributed by atoms with Gasteiger partial charge in [0, 0.05) is 33.2 Å². The lowest BCUT2D eigenvalue weighted by Gasteiger charge is -2.21. The summed E-state index contributed by atoms with van der Waals surface area (Å²) >= 11 is 0. The zero-order valence-corrected chi connectivity index (χ0v) is 12.4. The summed E-state index contributed by atoms with van der Waals surface area (Å²) < 4.78 is 0. The molecule has 8 nitrogen and oxygen atoms in total. The Bertz CT molecular complexity index is 344. The monoisotopic (exact) mass is 288 g/mol. The van der Waals surface area contributed by atoms with Crippen molar-refractivity contribution in [2.45, 2.75) is 26.3 Å². The summed E-state index contributed by atoms with van der Waals surface area (Å²) in [5, 5.41) is 16.5. The van der Waals surface area contributed by atoms with Crippen LogP contribution in [0.2, 0.25) is 0 Å². The van der Waals surface area contributed by atoms with Gasteiger partial charge in [0.1, 0.15) is 0 Å². The van der Waals surface area contributed by atoms with Crippen LogP contribution in [-0.2, 0) is 4.79 Å². The number of hydrogen-bond acceptors (Lipinski definition) is 3. The number of nitrogens with zero attached hydrogens (tertiary/aromatic N) is 1. The number of carbonyl (C=O) groups excluding carboxylic acids is 2. The van der Waals surface area contributed by atoms with Crippen LogP contribution in [0, 0.1) is 5.92 Å². The highest BCUT2D eigenvalue weighted by molar-refractivity contribution is 5.76. The van der Waals surface area contributed by atoms with Gasteiger partial charge in [-0.1, -0.05) is 13.8 Å². The average Bonchev–Trinajstić information content (AvgIpc) is 2.32. The van der Waals surface area contributed by atoms with Gasteiger partial charge in [0.25, 0.3) is 0 Å². The van der Waals surface area contributed by atoms with Gasteiger partial charge in [-0.25, -0.2) is 9.59 Å². The summed E-state index contributed by atoms with van der Waals surface area (Å²) in [4.78, 5) is 34.8. The average molecular weight is 288 g/mol. The first-order chi connectivity index (χ1) is 9.23. The van der Waals surface area contributed by atoms with Gasteiger partial charge in [-0.05, 0) is 5.92 Å². The fraction of sp³-hybridized carbons (Fsp3) is 0.750. The van der Waals surface area contributed by atoms with E-state index in [1.54, 1.807) is 14.1 Å². The molecule has 1 unspecified atom stereocenters. The summed E-state index contributed by atoms with van der Waals surface area (Å²) in [5.74, 6) is -0.937. The molecule has 0 radical (unpaired) electrons.